The normalized spacial score (nSPS) is 23.6. The van der Waals surface area contributed by atoms with E-state index in [0.29, 0.717) is 38.1 Å². The molecule has 4 atom stereocenters. The van der Waals surface area contributed by atoms with Crippen molar-refractivity contribution in [1.29, 1.82) is 0 Å². The van der Waals surface area contributed by atoms with E-state index in [0.717, 1.165) is 29.7 Å². The summed E-state index contributed by atoms with van der Waals surface area (Å²) >= 11 is 0. The number of amides is 2. The van der Waals surface area contributed by atoms with Gasteiger partial charge in [-0.15, -0.1) is 0 Å². The molecule has 3 rings (SSSR count). The van der Waals surface area contributed by atoms with Crippen molar-refractivity contribution in [3.05, 3.63) is 65.5 Å². The van der Waals surface area contributed by atoms with Crippen LogP contribution in [0.3, 0.4) is 0 Å². The SMILES string of the molecule is [B]=C1N[C@H](C(C)C)C(=O)N[C@@H](CCC)C(=O)NCCC(C)c2ccccc2OCCN[C@@H]1Cc1cccc(F)c1. The van der Waals surface area contributed by atoms with Gasteiger partial charge in [-0.05, 0) is 0 Å². The van der Waals surface area contributed by atoms with Crippen molar-refractivity contribution < 1.29 is 18.7 Å². The fourth-order valence-electron chi connectivity index (χ4n) is 4.93. The van der Waals surface area contributed by atoms with Crippen LogP contribution in [0, 0.1) is 11.7 Å². The Kier molecular flexibility index (Phi) is 12.2. The van der Waals surface area contributed by atoms with Gasteiger partial charge < -0.3 is 0 Å². The van der Waals surface area contributed by atoms with Crippen LogP contribution in [0.2, 0.25) is 0 Å². The minimum absolute atomic E-state index is 0.106. The zero-order chi connectivity index (χ0) is 29.1. The summed E-state index contributed by atoms with van der Waals surface area (Å²) in [6, 6.07) is 12.6. The van der Waals surface area contributed by atoms with Crippen LogP contribution in [0.4, 0.5) is 4.39 Å². The summed E-state index contributed by atoms with van der Waals surface area (Å²) < 4.78 is 20.1. The van der Waals surface area contributed by atoms with E-state index < -0.39 is 18.1 Å². The van der Waals surface area contributed by atoms with E-state index in [-0.39, 0.29) is 29.5 Å². The summed E-state index contributed by atoms with van der Waals surface area (Å²) in [6.07, 6.45) is 2.41. The molecule has 0 fully saturated rings. The zero-order valence-electron chi connectivity index (χ0n) is 24.1. The summed E-state index contributed by atoms with van der Waals surface area (Å²) in [5, 5.41) is 12.6. The molecular weight excluding hydrogens is 506 g/mol. The number of para-hydroxylation sites is 1. The first-order chi connectivity index (χ1) is 19.2. The van der Waals surface area contributed by atoms with Crippen molar-refractivity contribution in [3.8, 4) is 5.75 Å². The second-order valence-electron chi connectivity index (χ2n) is 10.9. The van der Waals surface area contributed by atoms with E-state index in [4.69, 9.17) is 12.2 Å². The van der Waals surface area contributed by atoms with E-state index >= 15 is 0 Å². The van der Waals surface area contributed by atoms with Crippen LogP contribution >= 0.6 is 0 Å². The number of benzene rings is 2. The van der Waals surface area contributed by atoms with E-state index in [1.165, 1.54) is 12.1 Å². The maximum absolute atomic E-state index is 13.9. The van der Waals surface area contributed by atoms with Gasteiger partial charge in [0.15, 0.2) is 0 Å². The molecule has 7 nitrogen and oxygen atoms in total. The molecule has 40 heavy (non-hydrogen) atoms. The molecule has 0 spiro atoms. The molecule has 0 aromatic heterocycles. The van der Waals surface area contributed by atoms with Gasteiger partial charge in [-0.25, -0.2) is 0 Å². The summed E-state index contributed by atoms with van der Waals surface area (Å²) in [7, 11) is 6.57. The second kappa shape index (κ2) is 15.6. The Hall–Kier alpha value is -3.20. The molecule has 1 aliphatic heterocycles. The quantitative estimate of drug-likeness (QED) is 0.430. The van der Waals surface area contributed by atoms with Gasteiger partial charge in [-0.1, -0.05) is 0 Å². The Labute approximate surface area is 239 Å². The molecule has 2 aromatic carbocycles. The van der Waals surface area contributed by atoms with Gasteiger partial charge >= 0.3 is 239 Å². The fraction of sp³-hybridized carbons (Fsp3) is 0.516. The zero-order valence-corrected chi connectivity index (χ0v) is 24.1. The standard InChI is InChI=1S/C31H43BFN4O3/c1-5-9-25-30(38)35-15-14-21(4)24-12-6-7-13-27(24)40-17-16-34-26(19-22-10-8-11-23(33)18-22)29(32)37-28(20(2)3)31(39)36-25/h6-8,10-13,18,20-21,25-26,28,34,37H,5,9,14-17,19H2,1-4H3,(H,35,38)(H,36,39)/t21?,25-,26+,28+/m0/s1. The molecule has 1 aliphatic rings. The maximum atomic E-state index is 13.9. The predicted octanol–water partition coefficient (Wildman–Crippen LogP) is 3.23. The van der Waals surface area contributed by atoms with Crippen molar-refractivity contribution in [2.24, 2.45) is 5.92 Å². The number of carbonyl (C=O) groups is 2. The van der Waals surface area contributed by atoms with Crippen molar-refractivity contribution >= 4 is 24.9 Å². The van der Waals surface area contributed by atoms with Gasteiger partial charge in [-0.2, -0.15) is 0 Å². The first-order valence-corrected chi connectivity index (χ1v) is 14.4. The van der Waals surface area contributed by atoms with E-state index in [2.05, 4.69) is 28.2 Å². The Morgan fingerprint density at radius 2 is 1.80 bits per heavy atom. The van der Waals surface area contributed by atoms with Gasteiger partial charge in [0.25, 0.3) is 0 Å². The Balaban J connectivity index is 1.89. The van der Waals surface area contributed by atoms with Crippen molar-refractivity contribution in [1.82, 2.24) is 21.3 Å². The van der Waals surface area contributed by atoms with Crippen LogP contribution in [-0.4, -0.2) is 62.7 Å². The van der Waals surface area contributed by atoms with E-state index in [1.54, 1.807) is 6.07 Å². The molecule has 2 aromatic rings. The van der Waals surface area contributed by atoms with E-state index in [1.807, 2.05) is 51.1 Å². The Morgan fingerprint density at radius 1 is 1.02 bits per heavy atom. The molecule has 1 unspecified atom stereocenters. The van der Waals surface area contributed by atoms with Gasteiger partial charge in [0, 0.05) is 0 Å². The third-order valence-corrected chi connectivity index (χ3v) is 7.26. The van der Waals surface area contributed by atoms with Crippen LogP contribution in [0.15, 0.2) is 48.5 Å². The third-order valence-electron chi connectivity index (χ3n) is 7.26. The molecule has 0 bridgehead atoms. The Bertz CT molecular complexity index is 1150. The summed E-state index contributed by atoms with van der Waals surface area (Å²) in [6.45, 7) is 9.30. The second-order valence-corrected chi connectivity index (χ2v) is 10.9. The average Bonchev–Trinajstić information content (AvgIpc) is 2.92. The molecule has 4 N–H and O–H groups in total. The first kappa shape index (κ1) is 31.3. The van der Waals surface area contributed by atoms with Crippen molar-refractivity contribution in [2.75, 3.05) is 19.7 Å². The van der Waals surface area contributed by atoms with Crippen LogP contribution < -0.4 is 26.0 Å². The number of hydrogen-bond acceptors (Lipinski definition) is 5. The summed E-state index contributed by atoms with van der Waals surface area (Å²) in [5.41, 5.74) is 2.21. The number of rotatable bonds is 5. The number of halogens is 1. The van der Waals surface area contributed by atoms with Gasteiger partial charge in [0.2, 0.25) is 0 Å². The van der Waals surface area contributed by atoms with Crippen LogP contribution in [0.1, 0.15) is 64.0 Å². The number of ether oxygens (including phenoxy) is 1. The number of fused-ring (bicyclic) bond motifs is 1. The Morgan fingerprint density at radius 3 is 2.52 bits per heavy atom. The molecule has 215 valence electrons. The van der Waals surface area contributed by atoms with Crippen LogP contribution in [-0.2, 0) is 16.0 Å². The van der Waals surface area contributed by atoms with Gasteiger partial charge in [0.05, 0.1) is 0 Å². The molecule has 0 saturated heterocycles. The molecule has 0 aliphatic carbocycles. The topological polar surface area (TPSA) is 91.5 Å². The van der Waals surface area contributed by atoms with Crippen LogP contribution in [0.5, 0.6) is 5.75 Å². The third kappa shape index (κ3) is 9.19. The first-order valence-electron chi connectivity index (χ1n) is 14.4. The average molecular weight is 550 g/mol. The predicted molar refractivity (Wildman–Crippen MR) is 159 cm³/mol. The number of hydrogen-bond donors (Lipinski definition) is 4. The minimum atomic E-state index is -0.661. The number of carbonyl (C=O) groups excluding carboxylic acids is 2. The van der Waals surface area contributed by atoms with Gasteiger partial charge in [0.1, 0.15) is 0 Å². The van der Waals surface area contributed by atoms with Gasteiger partial charge in [-0.3, -0.25) is 0 Å². The number of nitrogens with one attached hydrogen (secondary N) is 4. The molecule has 1 heterocycles. The van der Waals surface area contributed by atoms with Crippen LogP contribution in [0.25, 0.3) is 0 Å². The van der Waals surface area contributed by atoms with Crippen molar-refractivity contribution in [2.45, 2.75) is 77.4 Å². The molecule has 0 saturated carbocycles. The molecule has 2 amide bonds. The molecule has 1 radical (unpaired) electrons. The molecular formula is C31H43BFN4O3. The summed E-state index contributed by atoms with van der Waals surface area (Å²) in [5.74, 6) is 0.0441. The van der Waals surface area contributed by atoms with Crippen molar-refractivity contribution in [3.63, 3.8) is 0 Å². The molecule has 9 heteroatoms. The van der Waals surface area contributed by atoms with E-state index in [9.17, 15) is 14.0 Å². The fourth-order valence-corrected chi connectivity index (χ4v) is 4.93. The monoisotopic (exact) mass is 549 g/mol. The summed E-state index contributed by atoms with van der Waals surface area (Å²) in [4.78, 5) is 26.5.